The molecule has 156 valence electrons. The summed E-state index contributed by atoms with van der Waals surface area (Å²) in [5.74, 6) is 1.28. The number of likely N-dealkylation sites (N-methyl/N-ethyl adjacent to an activating group) is 1. The molecule has 2 nitrogen and oxygen atoms in total. The van der Waals surface area contributed by atoms with E-state index in [4.69, 9.17) is 0 Å². The number of hydrogen-bond acceptors (Lipinski definition) is 2. The summed E-state index contributed by atoms with van der Waals surface area (Å²) < 4.78 is 0. The Balaban J connectivity index is 2.91. The fourth-order valence-electron chi connectivity index (χ4n) is 3.55. The van der Waals surface area contributed by atoms with Crippen molar-refractivity contribution in [2.24, 2.45) is 5.92 Å². The van der Waals surface area contributed by atoms with E-state index in [-0.39, 0.29) is 10.8 Å². The molecule has 0 fully saturated rings. The van der Waals surface area contributed by atoms with E-state index >= 15 is 0 Å². The van der Waals surface area contributed by atoms with Gasteiger partial charge in [0.15, 0.2) is 0 Å². The average molecular weight is 376 g/mol. The van der Waals surface area contributed by atoms with E-state index in [9.17, 15) is 5.11 Å². The lowest BCUT2D eigenvalue weighted by atomic mass is 9.78. The topological polar surface area (TPSA) is 23.5 Å². The lowest BCUT2D eigenvalue weighted by molar-refractivity contribution is 0.242. The van der Waals surface area contributed by atoms with E-state index in [0.717, 1.165) is 30.0 Å². The van der Waals surface area contributed by atoms with Crippen molar-refractivity contribution in [2.75, 3.05) is 13.6 Å². The van der Waals surface area contributed by atoms with Crippen LogP contribution in [0, 0.1) is 5.92 Å². The number of rotatable bonds is 8. The number of benzene rings is 1. The molecule has 0 saturated carbocycles. The van der Waals surface area contributed by atoms with Crippen molar-refractivity contribution in [1.82, 2.24) is 4.90 Å². The van der Waals surface area contributed by atoms with Crippen molar-refractivity contribution in [2.45, 2.75) is 105 Å². The zero-order chi connectivity index (χ0) is 21.0. The van der Waals surface area contributed by atoms with Crippen molar-refractivity contribution in [3.8, 4) is 5.75 Å². The van der Waals surface area contributed by atoms with Crippen molar-refractivity contribution in [1.29, 1.82) is 0 Å². The predicted molar refractivity (Wildman–Crippen MR) is 120 cm³/mol. The Hall–Kier alpha value is -1.02. The maximum Gasteiger partial charge on any atom is 0.123 e. The molecule has 1 aromatic rings. The van der Waals surface area contributed by atoms with Gasteiger partial charge in [0.25, 0.3) is 0 Å². The third-order valence-electron chi connectivity index (χ3n) is 5.69. The molecule has 0 heterocycles. The Kier molecular flexibility index (Phi) is 8.41. The van der Waals surface area contributed by atoms with Crippen molar-refractivity contribution < 1.29 is 5.11 Å². The molecule has 1 N–H and O–H groups in total. The third-order valence-corrected chi connectivity index (χ3v) is 5.69. The van der Waals surface area contributed by atoms with Crippen LogP contribution in [-0.2, 0) is 17.3 Å². The number of nitrogens with zero attached hydrogens (tertiary/aromatic N) is 1. The molecule has 0 aromatic heterocycles. The first-order chi connectivity index (χ1) is 12.2. The largest absolute Gasteiger partial charge is 0.507 e. The summed E-state index contributed by atoms with van der Waals surface area (Å²) in [4.78, 5) is 2.49. The van der Waals surface area contributed by atoms with Crippen LogP contribution in [0.5, 0.6) is 5.75 Å². The lowest BCUT2D eigenvalue weighted by Gasteiger charge is -2.29. The second-order valence-corrected chi connectivity index (χ2v) is 10.9. The Morgan fingerprint density at radius 2 is 1.37 bits per heavy atom. The summed E-state index contributed by atoms with van der Waals surface area (Å²) in [6, 6.07) is 5.06. The molecule has 2 heteroatoms. The average Bonchev–Trinajstić information content (AvgIpc) is 2.50. The highest BCUT2D eigenvalue weighted by molar-refractivity contribution is 5.49. The van der Waals surface area contributed by atoms with Crippen LogP contribution in [-0.4, -0.2) is 29.6 Å². The van der Waals surface area contributed by atoms with Gasteiger partial charge in [0, 0.05) is 12.6 Å². The molecule has 0 radical (unpaired) electrons. The van der Waals surface area contributed by atoms with Gasteiger partial charge in [0.2, 0.25) is 0 Å². The fraction of sp³-hybridized carbons (Fsp3) is 0.760. The van der Waals surface area contributed by atoms with Crippen LogP contribution in [0.3, 0.4) is 0 Å². The van der Waals surface area contributed by atoms with Crippen molar-refractivity contribution in [3.05, 3.63) is 28.8 Å². The van der Waals surface area contributed by atoms with Gasteiger partial charge in [-0.05, 0) is 60.3 Å². The van der Waals surface area contributed by atoms with Gasteiger partial charge < -0.3 is 10.0 Å². The van der Waals surface area contributed by atoms with Gasteiger partial charge in [0.05, 0.1) is 0 Å². The van der Waals surface area contributed by atoms with Gasteiger partial charge >= 0.3 is 0 Å². The monoisotopic (exact) mass is 375 g/mol. The third kappa shape index (κ3) is 7.49. The smallest absolute Gasteiger partial charge is 0.123 e. The first-order valence-electron chi connectivity index (χ1n) is 10.8. The van der Waals surface area contributed by atoms with E-state index in [2.05, 4.69) is 86.4 Å². The molecular weight excluding hydrogens is 330 g/mol. The summed E-state index contributed by atoms with van der Waals surface area (Å²) in [6.07, 6.45) is 4.92. The first-order valence-corrected chi connectivity index (χ1v) is 10.8. The van der Waals surface area contributed by atoms with Gasteiger partial charge in [0.1, 0.15) is 5.75 Å². The quantitative estimate of drug-likeness (QED) is 0.548. The predicted octanol–water partition coefficient (Wildman–Crippen LogP) is 6.68. The molecule has 0 saturated heterocycles. The van der Waals surface area contributed by atoms with Crippen LogP contribution in [0.4, 0.5) is 0 Å². The summed E-state index contributed by atoms with van der Waals surface area (Å²) in [5, 5.41) is 10.9. The van der Waals surface area contributed by atoms with Gasteiger partial charge in [-0.3, -0.25) is 0 Å². The molecule has 1 rings (SSSR count). The Morgan fingerprint density at radius 3 is 1.78 bits per heavy atom. The zero-order valence-electron chi connectivity index (χ0n) is 19.7. The molecule has 1 unspecified atom stereocenters. The molecule has 0 aliphatic carbocycles. The number of phenolic OH excluding ortho intramolecular Hbond substituents is 1. The van der Waals surface area contributed by atoms with Gasteiger partial charge in [-0.1, -0.05) is 80.4 Å². The highest BCUT2D eigenvalue weighted by atomic mass is 16.3. The number of phenols is 1. The first kappa shape index (κ1) is 24.0. The molecule has 1 atom stereocenters. The maximum absolute atomic E-state index is 10.9. The normalized spacial score (nSPS) is 14.2. The Bertz CT molecular complexity index is 554. The molecule has 0 aliphatic heterocycles. The summed E-state index contributed by atoms with van der Waals surface area (Å²) >= 11 is 0. The van der Waals surface area contributed by atoms with E-state index in [1.807, 2.05) is 0 Å². The zero-order valence-corrected chi connectivity index (χ0v) is 19.7. The Morgan fingerprint density at radius 1 is 0.889 bits per heavy atom. The minimum Gasteiger partial charge on any atom is -0.507 e. The minimum atomic E-state index is -0.0594. The Labute approximate surface area is 169 Å². The molecule has 27 heavy (non-hydrogen) atoms. The van der Waals surface area contributed by atoms with Crippen LogP contribution in [0.2, 0.25) is 0 Å². The second-order valence-electron chi connectivity index (χ2n) is 10.9. The molecule has 0 aliphatic rings. The molecular formula is C25H45NO. The van der Waals surface area contributed by atoms with E-state index in [1.54, 1.807) is 0 Å². The fourth-order valence-corrected chi connectivity index (χ4v) is 3.55. The molecule has 0 bridgehead atoms. The second kappa shape index (κ2) is 9.45. The van der Waals surface area contributed by atoms with Crippen LogP contribution in [0.15, 0.2) is 12.1 Å². The number of aromatic hydroxyl groups is 1. The molecule has 0 spiro atoms. The van der Waals surface area contributed by atoms with Crippen LogP contribution in [0.1, 0.15) is 98.3 Å². The van der Waals surface area contributed by atoms with Gasteiger partial charge in [-0.15, -0.1) is 0 Å². The highest BCUT2D eigenvalue weighted by Gasteiger charge is 2.26. The molecule has 0 amide bonds. The lowest BCUT2D eigenvalue weighted by Crippen LogP contribution is -2.31. The number of hydrogen-bond donors (Lipinski definition) is 1. The van der Waals surface area contributed by atoms with E-state index < -0.39 is 0 Å². The maximum atomic E-state index is 10.9. The van der Waals surface area contributed by atoms with Gasteiger partial charge in [-0.25, -0.2) is 0 Å². The van der Waals surface area contributed by atoms with Crippen LogP contribution in [0.25, 0.3) is 0 Å². The van der Waals surface area contributed by atoms with Crippen molar-refractivity contribution in [3.63, 3.8) is 0 Å². The SMILES string of the molecule is CC(C)CCCC(C)N(C)CCc1cc(C(C)(C)C)c(O)c(C(C)(C)C)c1. The standard InChI is InChI=1S/C25H45NO/c1-18(2)12-11-13-19(3)26(10)15-14-20-16-21(24(4,5)6)23(27)22(17-20)25(7,8)9/h16-19,27H,11-15H2,1-10H3. The highest BCUT2D eigenvalue weighted by Crippen LogP contribution is 2.39. The molecule has 1 aromatic carbocycles. The van der Waals surface area contributed by atoms with Crippen LogP contribution < -0.4 is 0 Å². The summed E-state index contributed by atoms with van der Waals surface area (Å²) in [6.45, 7) is 21.1. The van der Waals surface area contributed by atoms with Crippen molar-refractivity contribution >= 4 is 0 Å². The van der Waals surface area contributed by atoms with Crippen LogP contribution >= 0.6 is 0 Å². The minimum absolute atomic E-state index is 0.0594. The van der Waals surface area contributed by atoms with Gasteiger partial charge in [-0.2, -0.15) is 0 Å². The summed E-state index contributed by atoms with van der Waals surface area (Å²) in [7, 11) is 2.25. The summed E-state index contributed by atoms with van der Waals surface area (Å²) in [5.41, 5.74) is 3.35. The van der Waals surface area contributed by atoms with E-state index in [1.165, 1.54) is 24.8 Å². The van der Waals surface area contributed by atoms with E-state index in [0.29, 0.717) is 11.8 Å².